The van der Waals surface area contributed by atoms with Crippen molar-refractivity contribution in [2.75, 3.05) is 0 Å². The van der Waals surface area contributed by atoms with Gasteiger partial charge < -0.3 is 5.21 Å². The van der Waals surface area contributed by atoms with E-state index in [9.17, 15) is 5.21 Å². The fourth-order valence-electron chi connectivity index (χ4n) is 2.04. The normalized spacial score (nSPS) is 11.7. The van der Waals surface area contributed by atoms with Gasteiger partial charge in [-0.3, -0.25) is 4.98 Å². The van der Waals surface area contributed by atoms with Crippen molar-refractivity contribution < 1.29 is 4.74 Å². The van der Waals surface area contributed by atoms with Gasteiger partial charge in [-0.15, -0.1) is 0 Å². The quantitative estimate of drug-likeness (QED) is 0.301. The van der Waals surface area contributed by atoms with Gasteiger partial charge in [0.05, 0.1) is 5.39 Å². The predicted molar refractivity (Wildman–Crippen MR) is 76.6 cm³/mol. The number of aromatic nitrogens is 1. The monoisotopic (exact) mass is 248 g/mol. The topological polar surface area (TPSA) is 39.0 Å². The molecular weight excluding hydrogens is 236 g/mol. The molecule has 19 heavy (non-hydrogen) atoms. The fraction of sp³-hybridized carbons (Fsp3) is 0. The third-order valence-electron chi connectivity index (χ3n) is 2.94. The Morgan fingerprint density at radius 2 is 1.68 bits per heavy atom. The Hall–Kier alpha value is -2.68. The minimum absolute atomic E-state index is 0.628. The highest BCUT2D eigenvalue weighted by Gasteiger charge is 2.07. The lowest BCUT2D eigenvalue weighted by Gasteiger charge is -2.06. The molecule has 3 heteroatoms. The van der Waals surface area contributed by atoms with Crippen LogP contribution in [0, 0.1) is 5.21 Å². The van der Waals surface area contributed by atoms with Crippen LogP contribution in [0.4, 0.5) is 5.69 Å². The molecule has 0 bridgehead atoms. The van der Waals surface area contributed by atoms with Crippen molar-refractivity contribution in [3.8, 4) is 0 Å². The summed E-state index contributed by atoms with van der Waals surface area (Å²) in [7, 11) is 0. The van der Waals surface area contributed by atoms with Gasteiger partial charge in [0.1, 0.15) is 5.69 Å². The van der Waals surface area contributed by atoms with Gasteiger partial charge in [0.2, 0.25) is 11.9 Å². The Labute approximate surface area is 111 Å². The van der Waals surface area contributed by atoms with Crippen LogP contribution in [0.2, 0.25) is 0 Å². The van der Waals surface area contributed by atoms with Crippen molar-refractivity contribution in [2.45, 2.75) is 0 Å². The van der Waals surface area contributed by atoms with Crippen LogP contribution < -0.4 is 0 Å². The first-order valence-electron chi connectivity index (χ1n) is 6.04. The predicted octanol–water partition coefficient (Wildman–Crippen LogP) is 3.50. The van der Waals surface area contributed by atoms with Gasteiger partial charge in [-0.1, -0.05) is 36.4 Å². The van der Waals surface area contributed by atoms with Crippen LogP contribution in [0.15, 0.2) is 66.9 Å². The summed E-state index contributed by atoms with van der Waals surface area (Å²) in [5, 5.41) is 14.2. The molecule has 0 saturated heterocycles. The van der Waals surface area contributed by atoms with E-state index in [4.69, 9.17) is 0 Å². The van der Waals surface area contributed by atoms with E-state index in [-0.39, 0.29) is 0 Å². The summed E-state index contributed by atoms with van der Waals surface area (Å²) >= 11 is 0. The fourth-order valence-corrected chi connectivity index (χ4v) is 2.04. The van der Waals surface area contributed by atoms with E-state index in [1.165, 1.54) is 6.21 Å². The second-order valence-corrected chi connectivity index (χ2v) is 4.21. The van der Waals surface area contributed by atoms with Crippen LogP contribution in [-0.4, -0.2) is 15.9 Å². The Balaban J connectivity index is 2.12. The standard InChI is InChI=1S/C16H12N2O/c19-18(12-14-8-3-4-11-17-14)16-10-5-7-13-6-1-2-9-15(13)16/h1-12H. The molecule has 3 nitrogen and oxygen atoms in total. The molecule has 0 aliphatic carbocycles. The summed E-state index contributed by atoms with van der Waals surface area (Å²) in [5.41, 5.74) is 1.27. The van der Waals surface area contributed by atoms with E-state index in [1.54, 1.807) is 12.3 Å². The minimum Gasteiger partial charge on any atom is -0.618 e. The van der Waals surface area contributed by atoms with Crippen molar-refractivity contribution in [3.63, 3.8) is 0 Å². The molecule has 3 aromatic rings. The van der Waals surface area contributed by atoms with E-state index < -0.39 is 0 Å². The number of pyridine rings is 1. The van der Waals surface area contributed by atoms with E-state index in [0.29, 0.717) is 11.4 Å². The third kappa shape index (κ3) is 2.31. The number of nitrogens with zero attached hydrogens (tertiary/aromatic N) is 2. The third-order valence-corrected chi connectivity index (χ3v) is 2.94. The van der Waals surface area contributed by atoms with Crippen LogP contribution in [0.3, 0.4) is 0 Å². The van der Waals surface area contributed by atoms with Crippen LogP contribution in [0.25, 0.3) is 10.8 Å². The molecule has 0 fully saturated rings. The van der Waals surface area contributed by atoms with Crippen molar-refractivity contribution >= 4 is 22.7 Å². The summed E-state index contributed by atoms with van der Waals surface area (Å²) in [5.74, 6) is 0. The molecule has 1 heterocycles. The smallest absolute Gasteiger partial charge is 0.224 e. The zero-order chi connectivity index (χ0) is 13.1. The van der Waals surface area contributed by atoms with E-state index in [1.807, 2.05) is 54.6 Å². The number of benzene rings is 2. The van der Waals surface area contributed by atoms with Gasteiger partial charge in [0.15, 0.2) is 0 Å². The van der Waals surface area contributed by atoms with Crippen LogP contribution in [0.5, 0.6) is 0 Å². The highest BCUT2D eigenvalue weighted by atomic mass is 16.5. The number of hydrogen-bond acceptors (Lipinski definition) is 2. The summed E-state index contributed by atoms with van der Waals surface area (Å²) in [4.78, 5) is 4.13. The average Bonchev–Trinajstić information content (AvgIpc) is 2.47. The Morgan fingerprint density at radius 3 is 2.53 bits per heavy atom. The number of fused-ring (bicyclic) bond motifs is 1. The maximum absolute atomic E-state index is 12.2. The Morgan fingerprint density at radius 1 is 0.895 bits per heavy atom. The van der Waals surface area contributed by atoms with Gasteiger partial charge in [-0.25, -0.2) is 0 Å². The van der Waals surface area contributed by atoms with Gasteiger partial charge >= 0.3 is 0 Å². The van der Waals surface area contributed by atoms with Crippen LogP contribution in [0.1, 0.15) is 5.69 Å². The number of hydrogen-bond donors (Lipinski definition) is 0. The first kappa shape index (κ1) is 11.4. The zero-order valence-electron chi connectivity index (χ0n) is 10.2. The molecule has 3 rings (SSSR count). The molecule has 0 aliphatic rings. The van der Waals surface area contributed by atoms with Gasteiger partial charge in [0, 0.05) is 12.3 Å². The lowest BCUT2D eigenvalue weighted by Crippen LogP contribution is -2.00. The van der Waals surface area contributed by atoms with E-state index in [0.717, 1.165) is 15.5 Å². The largest absolute Gasteiger partial charge is 0.618 e. The summed E-state index contributed by atoms with van der Waals surface area (Å²) < 4.78 is 0.866. The molecule has 2 aromatic carbocycles. The summed E-state index contributed by atoms with van der Waals surface area (Å²) in [6.45, 7) is 0. The highest BCUT2D eigenvalue weighted by Crippen LogP contribution is 2.24. The van der Waals surface area contributed by atoms with Gasteiger partial charge in [0.25, 0.3) is 0 Å². The minimum atomic E-state index is 0.628. The first-order valence-corrected chi connectivity index (χ1v) is 6.04. The molecule has 0 unspecified atom stereocenters. The van der Waals surface area contributed by atoms with Crippen LogP contribution >= 0.6 is 0 Å². The second-order valence-electron chi connectivity index (χ2n) is 4.21. The number of rotatable bonds is 2. The molecule has 92 valence electrons. The van der Waals surface area contributed by atoms with Crippen molar-refractivity contribution in [3.05, 3.63) is 77.8 Å². The molecule has 0 saturated carbocycles. The molecule has 0 amide bonds. The second kappa shape index (κ2) is 4.90. The molecule has 0 N–H and O–H groups in total. The van der Waals surface area contributed by atoms with Gasteiger partial charge in [-0.05, 0) is 23.6 Å². The Kier molecular flexibility index (Phi) is 2.94. The van der Waals surface area contributed by atoms with E-state index >= 15 is 0 Å². The maximum Gasteiger partial charge on any atom is 0.224 e. The summed E-state index contributed by atoms with van der Waals surface area (Å²) in [6, 6.07) is 19.0. The Bertz CT molecular complexity index is 731. The van der Waals surface area contributed by atoms with Crippen molar-refractivity contribution in [2.24, 2.45) is 0 Å². The molecule has 0 radical (unpaired) electrons. The highest BCUT2D eigenvalue weighted by molar-refractivity contribution is 5.91. The van der Waals surface area contributed by atoms with Gasteiger partial charge in [-0.2, -0.15) is 4.74 Å². The van der Waals surface area contributed by atoms with Crippen molar-refractivity contribution in [1.82, 2.24) is 4.98 Å². The molecule has 0 aliphatic heterocycles. The van der Waals surface area contributed by atoms with Crippen LogP contribution in [-0.2, 0) is 0 Å². The maximum atomic E-state index is 12.2. The zero-order valence-corrected chi connectivity index (χ0v) is 10.2. The SMILES string of the molecule is [O-][N+](=Cc1ccccn1)c1cccc2ccccc12. The molecule has 0 atom stereocenters. The summed E-state index contributed by atoms with van der Waals surface area (Å²) in [6.07, 6.45) is 3.16. The lowest BCUT2D eigenvalue weighted by molar-refractivity contribution is -0.352. The molecular formula is C16H12N2O. The van der Waals surface area contributed by atoms with Crippen molar-refractivity contribution in [1.29, 1.82) is 0 Å². The lowest BCUT2D eigenvalue weighted by atomic mass is 10.1. The average molecular weight is 248 g/mol. The molecule has 0 spiro atoms. The van der Waals surface area contributed by atoms with E-state index in [2.05, 4.69) is 4.98 Å². The molecule has 1 aromatic heterocycles. The first-order chi connectivity index (χ1) is 9.34.